The summed E-state index contributed by atoms with van der Waals surface area (Å²) in [5.74, 6) is 0.794. The topological polar surface area (TPSA) is 63.2 Å². The highest BCUT2D eigenvalue weighted by Gasteiger charge is 2.14. The average molecular weight is 299 g/mol. The highest BCUT2D eigenvalue weighted by Crippen LogP contribution is 2.26. The molecule has 1 unspecified atom stereocenters. The van der Waals surface area contributed by atoms with Crippen LogP contribution in [0.3, 0.4) is 0 Å². The van der Waals surface area contributed by atoms with E-state index in [1.165, 1.54) is 0 Å². The third-order valence-corrected chi connectivity index (χ3v) is 3.20. The molecule has 2 rings (SSSR count). The van der Waals surface area contributed by atoms with E-state index < -0.39 is 0 Å². The number of hydrogen-bond donors (Lipinski definition) is 2. The van der Waals surface area contributed by atoms with E-state index in [0.29, 0.717) is 12.3 Å². The zero-order chi connectivity index (χ0) is 15.9. The van der Waals surface area contributed by atoms with E-state index in [4.69, 9.17) is 4.74 Å². The third kappa shape index (κ3) is 4.22. The number of amides is 2. The van der Waals surface area contributed by atoms with E-state index in [-0.39, 0.29) is 12.1 Å². The summed E-state index contributed by atoms with van der Waals surface area (Å²) in [4.78, 5) is 16.0. The van der Waals surface area contributed by atoms with E-state index in [2.05, 4.69) is 15.6 Å². The maximum atomic E-state index is 12.1. The summed E-state index contributed by atoms with van der Waals surface area (Å²) >= 11 is 0. The number of aromatic nitrogens is 1. The van der Waals surface area contributed by atoms with Gasteiger partial charge in [0.2, 0.25) is 0 Å². The van der Waals surface area contributed by atoms with E-state index >= 15 is 0 Å². The fourth-order valence-electron chi connectivity index (χ4n) is 2.17. The number of pyridine rings is 1. The van der Waals surface area contributed by atoms with Crippen molar-refractivity contribution in [3.8, 4) is 5.75 Å². The van der Waals surface area contributed by atoms with Crippen LogP contribution in [0.5, 0.6) is 5.75 Å². The Bertz CT molecular complexity index is 629. The fraction of sp³-hybridized carbons (Fsp3) is 0.294. The fourth-order valence-corrected chi connectivity index (χ4v) is 2.17. The Balaban J connectivity index is 2.06. The molecule has 0 fully saturated rings. The first-order valence-corrected chi connectivity index (χ1v) is 7.31. The average Bonchev–Trinajstić information content (AvgIpc) is 2.50. The second kappa shape index (κ2) is 7.45. The van der Waals surface area contributed by atoms with Crippen molar-refractivity contribution in [2.75, 3.05) is 11.9 Å². The van der Waals surface area contributed by atoms with Crippen LogP contribution in [-0.2, 0) is 0 Å². The highest BCUT2D eigenvalue weighted by molar-refractivity contribution is 5.89. The van der Waals surface area contributed by atoms with Crippen LogP contribution < -0.4 is 15.4 Å². The molecule has 2 N–H and O–H groups in total. The summed E-state index contributed by atoms with van der Waals surface area (Å²) in [7, 11) is 0. The second-order valence-electron chi connectivity index (χ2n) is 5.04. The van der Waals surface area contributed by atoms with E-state index in [1.54, 1.807) is 24.5 Å². The zero-order valence-electron chi connectivity index (χ0n) is 13.1. The molecule has 116 valence electrons. The molecule has 1 aromatic heterocycles. The minimum atomic E-state index is -0.274. The minimum Gasteiger partial charge on any atom is -0.494 e. The van der Waals surface area contributed by atoms with Crippen molar-refractivity contribution in [1.29, 1.82) is 0 Å². The van der Waals surface area contributed by atoms with Crippen LogP contribution in [0.1, 0.15) is 31.0 Å². The molecule has 0 aliphatic heterocycles. The van der Waals surface area contributed by atoms with Crippen LogP contribution in [0, 0.1) is 6.92 Å². The first-order valence-electron chi connectivity index (χ1n) is 7.31. The van der Waals surface area contributed by atoms with Crippen LogP contribution in [0.25, 0.3) is 0 Å². The van der Waals surface area contributed by atoms with Crippen molar-refractivity contribution in [2.24, 2.45) is 0 Å². The Hall–Kier alpha value is -2.56. The molecule has 5 nitrogen and oxygen atoms in total. The third-order valence-electron chi connectivity index (χ3n) is 3.20. The van der Waals surface area contributed by atoms with Gasteiger partial charge in [-0.2, -0.15) is 0 Å². The van der Waals surface area contributed by atoms with Crippen molar-refractivity contribution in [3.05, 3.63) is 53.9 Å². The number of rotatable bonds is 5. The van der Waals surface area contributed by atoms with Crippen LogP contribution in [0.4, 0.5) is 10.5 Å². The molecule has 1 heterocycles. The molecule has 1 aromatic carbocycles. The van der Waals surface area contributed by atoms with Gasteiger partial charge < -0.3 is 15.4 Å². The number of urea groups is 1. The summed E-state index contributed by atoms with van der Waals surface area (Å²) in [5.41, 5.74) is 2.74. The molecule has 0 saturated carbocycles. The van der Waals surface area contributed by atoms with Crippen molar-refractivity contribution < 1.29 is 9.53 Å². The number of aryl methyl sites for hydroxylation is 1. The SMILES string of the molecule is CCOc1ccc(C)cc1C(C)NC(=O)Nc1cccnc1. The molecule has 2 aromatic rings. The molecule has 22 heavy (non-hydrogen) atoms. The van der Waals surface area contributed by atoms with Gasteiger partial charge in [0.05, 0.1) is 24.5 Å². The van der Waals surface area contributed by atoms with Gasteiger partial charge in [0.1, 0.15) is 5.75 Å². The van der Waals surface area contributed by atoms with Gasteiger partial charge in [0, 0.05) is 11.8 Å². The molecular weight excluding hydrogens is 278 g/mol. The number of benzene rings is 1. The van der Waals surface area contributed by atoms with Crippen molar-refractivity contribution >= 4 is 11.7 Å². The van der Waals surface area contributed by atoms with E-state index in [9.17, 15) is 4.79 Å². The van der Waals surface area contributed by atoms with Crippen LogP contribution in [-0.4, -0.2) is 17.6 Å². The predicted molar refractivity (Wildman–Crippen MR) is 87.2 cm³/mol. The standard InChI is InChI=1S/C17H21N3O2/c1-4-22-16-8-7-12(2)10-15(16)13(3)19-17(21)20-14-6-5-9-18-11-14/h5-11,13H,4H2,1-3H3,(H2,19,20,21). The lowest BCUT2D eigenvalue weighted by Crippen LogP contribution is -2.31. The molecule has 2 amide bonds. The maximum absolute atomic E-state index is 12.1. The Labute approximate surface area is 130 Å². The van der Waals surface area contributed by atoms with E-state index in [1.807, 2.05) is 39.0 Å². The predicted octanol–water partition coefficient (Wildman–Crippen LogP) is 3.67. The summed E-state index contributed by atoms with van der Waals surface area (Å²) in [6, 6.07) is 9.08. The number of nitrogens with zero attached hydrogens (tertiary/aromatic N) is 1. The summed E-state index contributed by atoms with van der Waals surface area (Å²) in [6.45, 7) is 6.48. The number of carbonyl (C=O) groups excluding carboxylic acids is 1. The van der Waals surface area contributed by atoms with Crippen molar-refractivity contribution in [3.63, 3.8) is 0 Å². The number of anilines is 1. The molecule has 0 spiro atoms. The molecule has 1 atom stereocenters. The first-order chi connectivity index (χ1) is 10.6. The Kier molecular flexibility index (Phi) is 5.36. The monoisotopic (exact) mass is 299 g/mol. The van der Waals surface area contributed by atoms with E-state index in [0.717, 1.165) is 16.9 Å². The molecule has 0 aliphatic rings. The quantitative estimate of drug-likeness (QED) is 0.885. The maximum Gasteiger partial charge on any atom is 0.319 e. The lowest BCUT2D eigenvalue weighted by Gasteiger charge is -2.19. The van der Waals surface area contributed by atoms with Gasteiger partial charge in [-0.05, 0) is 39.0 Å². The van der Waals surface area contributed by atoms with Gasteiger partial charge in [-0.3, -0.25) is 4.98 Å². The van der Waals surface area contributed by atoms with Gasteiger partial charge >= 0.3 is 6.03 Å². The normalized spacial score (nSPS) is 11.6. The zero-order valence-corrected chi connectivity index (χ0v) is 13.1. The number of hydrogen-bond acceptors (Lipinski definition) is 3. The second-order valence-corrected chi connectivity index (χ2v) is 5.04. The van der Waals surface area contributed by atoms with Gasteiger partial charge in [0.25, 0.3) is 0 Å². The van der Waals surface area contributed by atoms with Crippen LogP contribution in [0.2, 0.25) is 0 Å². The van der Waals surface area contributed by atoms with Crippen molar-refractivity contribution in [1.82, 2.24) is 10.3 Å². The summed E-state index contributed by atoms with van der Waals surface area (Å²) in [5, 5.41) is 5.67. The molecule has 0 aliphatic carbocycles. The summed E-state index contributed by atoms with van der Waals surface area (Å²) in [6.07, 6.45) is 3.26. The van der Waals surface area contributed by atoms with Gasteiger partial charge in [-0.1, -0.05) is 17.7 Å². The molecular formula is C17H21N3O2. The number of carbonyl (C=O) groups is 1. The van der Waals surface area contributed by atoms with Gasteiger partial charge in [-0.15, -0.1) is 0 Å². The van der Waals surface area contributed by atoms with Gasteiger partial charge in [0.15, 0.2) is 0 Å². The largest absolute Gasteiger partial charge is 0.494 e. The van der Waals surface area contributed by atoms with Crippen LogP contribution >= 0.6 is 0 Å². The molecule has 0 bridgehead atoms. The number of ether oxygens (including phenoxy) is 1. The Morgan fingerprint density at radius 3 is 2.86 bits per heavy atom. The Morgan fingerprint density at radius 2 is 2.18 bits per heavy atom. The lowest BCUT2D eigenvalue weighted by molar-refractivity contribution is 0.249. The van der Waals surface area contributed by atoms with Gasteiger partial charge in [-0.25, -0.2) is 4.79 Å². The lowest BCUT2D eigenvalue weighted by atomic mass is 10.0. The van der Waals surface area contributed by atoms with Crippen molar-refractivity contribution in [2.45, 2.75) is 26.8 Å². The Morgan fingerprint density at radius 1 is 1.36 bits per heavy atom. The molecule has 0 saturated heterocycles. The number of nitrogens with one attached hydrogen (secondary N) is 2. The first kappa shape index (κ1) is 15.8. The van der Waals surface area contributed by atoms with Crippen LogP contribution in [0.15, 0.2) is 42.7 Å². The summed E-state index contributed by atoms with van der Waals surface area (Å²) < 4.78 is 5.63. The molecule has 5 heteroatoms. The minimum absolute atomic E-state index is 0.168. The molecule has 0 radical (unpaired) electrons. The smallest absolute Gasteiger partial charge is 0.319 e. The highest BCUT2D eigenvalue weighted by atomic mass is 16.5.